The molecule has 0 radical (unpaired) electrons. The van der Waals surface area contributed by atoms with Crippen molar-refractivity contribution in [1.29, 1.82) is 0 Å². The van der Waals surface area contributed by atoms with Crippen LogP contribution in [0.25, 0.3) is 0 Å². The molecular formula is C26H44O3. The molecule has 8 atom stereocenters. The Morgan fingerprint density at radius 3 is 2.55 bits per heavy atom. The number of Topliss-reactive ketones (excluding diaryl/α,β-unsaturated/α-hetero) is 1. The zero-order valence-corrected chi connectivity index (χ0v) is 18.5. The van der Waals surface area contributed by atoms with Gasteiger partial charge in [0.1, 0.15) is 12.1 Å². The van der Waals surface area contributed by atoms with E-state index in [4.69, 9.17) is 8.22 Å². The molecule has 0 bridgehead atoms. The molecule has 0 spiro atoms. The fourth-order valence-corrected chi connectivity index (χ4v) is 7.67. The average Bonchev–Trinajstić information content (AvgIpc) is 3.07. The minimum atomic E-state index is -2.50. The first-order valence-corrected chi connectivity index (χ1v) is 11.7. The number of hydrogen-bond acceptors (Lipinski definition) is 3. The van der Waals surface area contributed by atoms with Gasteiger partial charge in [0.05, 0.1) is 6.10 Å². The predicted octanol–water partition coefficient (Wildman–Crippen LogP) is 5.83. The van der Waals surface area contributed by atoms with Crippen molar-refractivity contribution in [3.05, 3.63) is 0 Å². The summed E-state index contributed by atoms with van der Waals surface area (Å²) in [6.45, 7) is 1.47. The summed E-state index contributed by atoms with van der Waals surface area (Å²) in [4.78, 5) is 24.9. The molecule has 3 saturated carbocycles. The zero-order valence-electron chi connectivity index (χ0n) is 24.5. The number of ketones is 1. The van der Waals surface area contributed by atoms with Gasteiger partial charge in [-0.05, 0) is 79.4 Å². The summed E-state index contributed by atoms with van der Waals surface area (Å²) in [5, 5.41) is 10.0. The van der Waals surface area contributed by atoms with E-state index in [2.05, 4.69) is 13.8 Å². The van der Waals surface area contributed by atoms with Gasteiger partial charge in [0.25, 0.3) is 0 Å². The minimum absolute atomic E-state index is 0.00730. The topological polar surface area (TPSA) is 54.4 Å². The van der Waals surface area contributed by atoms with E-state index < -0.39 is 31.1 Å². The van der Waals surface area contributed by atoms with Crippen molar-refractivity contribution in [2.45, 2.75) is 105 Å². The van der Waals surface area contributed by atoms with Gasteiger partial charge >= 0.3 is 0 Å². The highest BCUT2D eigenvalue weighted by molar-refractivity contribution is 5.86. The Kier molecular flexibility index (Phi) is 4.86. The Morgan fingerprint density at radius 2 is 1.90 bits per heavy atom. The molecule has 0 amide bonds. The van der Waals surface area contributed by atoms with Crippen LogP contribution in [-0.4, -0.2) is 23.3 Å². The highest BCUT2D eigenvalue weighted by Crippen LogP contribution is 2.64. The third kappa shape index (κ3) is 4.23. The van der Waals surface area contributed by atoms with Crippen LogP contribution in [0, 0.1) is 46.3 Å². The van der Waals surface area contributed by atoms with Gasteiger partial charge in [-0.25, -0.2) is 0 Å². The second-order valence-corrected chi connectivity index (χ2v) is 10.9. The van der Waals surface area contributed by atoms with Crippen LogP contribution in [-0.2, 0) is 9.59 Å². The van der Waals surface area contributed by atoms with Crippen molar-refractivity contribution in [3.8, 4) is 0 Å². The largest absolute Gasteiger partial charge is 0.393 e. The van der Waals surface area contributed by atoms with E-state index in [0.29, 0.717) is 37.5 Å². The Balaban J connectivity index is 1.78. The number of fused-ring (bicyclic) bond motifs is 1. The van der Waals surface area contributed by atoms with Gasteiger partial charge in [-0.1, -0.05) is 47.3 Å². The summed E-state index contributed by atoms with van der Waals surface area (Å²) in [6.07, 6.45) is 6.90. The van der Waals surface area contributed by atoms with E-state index in [9.17, 15) is 14.7 Å². The summed E-state index contributed by atoms with van der Waals surface area (Å²) in [7, 11) is 0. The molecule has 0 aromatic carbocycles. The molecule has 166 valence electrons. The Labute approximate surface area is 186 Å². The molecule has 3 heteroatoms. The fraction of sp³-hybridized carbons (Fsp3) is 0.923. The van der Waals surface area contributed by atoms with Gasteiger partial charge in [-0.3, -0.25) is 4.79 Å². The number of rotatable bonds is 7. The molecule has 3 aliphatic carbocycles. The van der Waals surface area contributed by atoms with Gasteiger partial charge < -0.3 is 9.90 Å². The van der Waals surface area contributed by atoms with E-state index in [1.807, 2.05) is 6.92 Å². The van der Waals surface area contributed by atoms with Crippen LogP contribution < -0.4 is 0 Å². The molecule has 0 aliphatic heterocycles. The van der Waals surface area contributed by atoms with Crippen LogP contribution in [0.4, 0.5) is 0 Å². The van der Waals surface area contributed by atoms with Gasteiger partial charge in [0, 0.05) is 26.5 Å². The molecule has 3 aliphatic rings. The first kappa shape index (κ1) is 16.0. The molecule has 0 heterocycles. The number of aliphatic hydroxyl groups excluding tert-OH is 1. The van der Waals surface area contributed by atoms with Crippen LogP contribution in [0.2, 0.25) is 0 Å². The molecular weight excluding hydrogens is 360 g/mol. The average molecular weight is 411 g/mol. The van der Waals surface area contributed by atoms with Crippen molar-refractivity contribution < 1.29 is 22.9 Å². The molecule has 3 nitrogen and oxygen atoms in total. The maximum absolute atomic E-state index is 13.1. The van der Waals surface area contributed by atoms with Crippen LogP contribution in [0.3, 0.4) is 0 Å². The van der Waals surface area contributed by atoms with E-state index in [-0.39, 0.29) is 41.8 Å². The first-order chi connectivity index (χ1) is 16.1. The first-order valence-electron chi connectivity index (χ1n) is 14.7. The maximum Gasteiger partial charge on any atom is 0.141 e. The molecule has 0 aromatic rings. The predicted molar refractivity (Wildman–Crippen MR) is 117 cm³/mol. The minimum Gasteiger partial charge on any atom is -0.393 e. The van der Waals surface area contributed by atoms with Crippen LogP contribution in [0.15, 0.2) is 0 Å². The van der Waals surface area contributed by atoms with Crippen LogP contribution in [0.5, 0.6) is 0 Å². The fourth-order valence-electron chi connectivity index (χ4n) is 7.67. The number of aliphatic hydroxyl groups is 1. The Bertz CT molecular complexity index is 766. The lowest BCUT2D eigenvalue weighted by molar-refractivity contribution is -0.146. The lowest BCUT2D eigenvalue weighted by Gasteiger charge is -2.54. The second-order valence-electron chi connectivity index (χ2n) is 10.9. The molecule has 3 unspecified atom stereocenters. The SMILES string of the molecule is [2H]C([2H])([2H])C(CC[C@@H](C)[C@H]1CCC2C(CC=O)C([C@@]3(C)CC[C@H](O)CC3=O)CC[C@@]21C)C([2H])([2H])[2H]. The second kappa shape index (κ2) is 8.81. The summed E-state index contributed by atoms with van der Waals surface area (Å²) in [5.41, 5.74) is -0.503. The molecule has 0 aromatic heterocycles. The van der Waals surface area contributed by atoms with Crippen LogP contribution in [0.1, 0.15) is 107 Å². The smallest absolute Gasteiger partial charge is 0.141 e. The monoisotopic (exact) mass is 410 g/mol. The molecule has 29 heavy (non-hydrogen) atoms. The Morgan fingerprint density at radius 1 is 1.14 bits per heavy atom. The number of carbonyl (C=O) groups excluding carboxylic acids is 2. The van der Waals surface area contributed by atoms with Crippen molar-refractivity contribution in [2.75, 3.05) is 0 Å². The summed E-state index contributed by atoms with van der Waals surface area (Å²) in [6, 6.07) is 0. The highest BCUT2D eigenvalue weighted by Gasteiger charge is 2.58. The standard InChI is InChI=1S/C26H44O3/c1-17(2)6-7-18(3)21-8-9-22-20(12-15-27)23(11-14-25(21,22)4)26(5)13-10-19(28)16-24(26)29/h15,17-23,28H,6-14,16H2,1-5H3/t18-,19+,20?,21-,22?,23?,25-,26-/m1/s1/i1D3,2D3. The van der Waals surface area contributed by atoms with Crippen LogP contribution >= 0.6 is 0 Å². The number of carbonyl (C=O) groups is 2. The van der Waals surface area contributed by atoms with Gasteiger partial charge in [-0.15, -0.1) is 0 Å². The maximum atomic E-state index is 13.1. The van der Waals surface area contributed by atoms with Crippen molar-refractivity contribution in [3.63, 3.8) is 0 Å². The molecule has 1 N–H and O–H groups in total. The van der Waals surface area contributed by atoms with Gasteiger partial charge in [-0.2, -0.15) is 0 Å². The summed E-state index contributed by atoms with van der Waals surface area (Å²) in [5.74, 6) is -0.0737. The molecule has 3 rings (SSSR count). The Hall–Kier alpha value is -0.700. The van der Waals surface area contributed by atoms with Crippen molar-refractivity contribution in [1.82, 2.24) is 0 Å². The lowest BCUT2D eigenvalue weighted by Crippen LogP contribution is -2.51. The lowest BCUT2D eigenvalue weighted by atomic mass is 9.49. The summed E-state index contributed by atoms with van der Waals surface area (Å²) < 4.78 is 46.3. The van der Waals surface area contributed by atoms with Crippen molar-refractivity contribution in [2.24, 2.45) is 46.3 Å². The summed E-state index contributed by atoms with van der Waals surface area (Å²) >= 11 is 0. The van der Waals surface area contributed by atoms with Gasteiger partial charge in [0.15, 0.2) is 0 Å². The van der Waals surface area contributed by atoms with E-state index in [1.54, 1.807) is 0 Å². The zero-order chi connectivity index (χ0) is 26.4. The van der Waals surface area contributed by atoms with Gasteiger partial charge in [0.2, 0.25) is 0 Å². The van der Waals surface area contributed by atoms with E-state index in [1.165, 1.54) is 0 Å². The van der Waals surface area contributed by atoms with E-state index >= 15 is 0 Å². The third-order valence-electron chi connectivity index (χ3n) is 9.35. The highest BCUT2D eigenvalue weighted by atomic mass is 16.3. The normalized spacial score (nSPS) is 47.9. The molecule has 3 fully saturated rings. The number of hydrogen-bond donors (Lipinski definition) is 1. The number of aldehydes is 1. The quantitative estimate of drug-likeness (QED) is 0.537. The molecule has 0 saturated heterocycles. The third-order valence-corrected chi connectivity index (χ3v) is 9.35. The van der Waals surface area contributed by atoms with E-state index in [0.717, 1.165) is 32.0 Å². The van der Waals surface area contributed by atoms with Crippen molar-refractivity contribution >= 4 is 12.1 Å².